The highest BCUT2D eigenvalue weighted by molar-refractivity contribution is 6.07. The first kappa shape index (κ1) is 23.0. The van der Waals surface area contributed by atoms with Crippen LogP contribution in [0.4, 0.5) is 0 Å². The molecule has 9 nitrogen and oxygen atoms in total. The molecule has 34 heavy (non-hydrogen) atoms. The zero-order valence-corrected chi connectivity index (χ0v) is 19.0. The number of aromatic nitrogens is 2. The van der Waals surface area contributed by atoms with Crippen LogP contribution in [0.15, 0.2) is 59.7 Å². The van der Waals surface area contributed by atoms with Gasteiger partial charge in [0.15, 0.2) is 12.1 Å². The summed E-state index contributed by atoms with van der Waals surface area (Å²) >= 11 is 0. The second kappa shape index (κ2) is 10.7. The number of hydrogen-bond acceptors (Lipinski definition) is 6. The molecular formula is C25H28N6O3. The van der Waals surface area contributed by atoms with Crippen LogP contribution in [0.5, 0.6) is 11.5 Å². The minimum Gasteiger partial charge on any atom is -0.457 e. The number of nitrogens with two attached hydrogens (primary N) is 1. The maximum absolute atomic E-state index is 12.2. The lowest BCUT2D eigenvalue weighted by atomic mass is 9.91. The van der Waals surface area contributed by atoms with Crippen LogP contribution in [0.25, 0.3) is 11.3 Å². The van der Waals surface area contributed by atoms with Crippen LogP contribution in [0.3, 0.4) is 0 Å². The van der Waals surface area contributed by atoms with Gasteiger partial charge in [0.25, 0.3) is 0 Å². The van der Waals surface area contributed by atoms with Gasteiger partial charge in [-0.05, 0) is 62.1 Å². The molecule has 1 aliphatic rings. The number of amides is 1. The Bertz CT molecular complexity index is 1150. The highest BCUT2D eigenvalue weighted by Gasteiger charge is 2.29. The summed E-state index contributed by atoms with van der Waals surface area (Å²) in [6.45, 7) is 0. The van der Waals surface area contributed by atoms with Gasteiger partial charge in [0.05, 0.1) is 11.6 Å². The fourth-order valence-corrected chi connectivity index (χ4v) is 4.36. The second-order valence-corrected chi connectivity index (χ2v) is 8.12. The van der Waals surface area contributed by atoms with E-state index in [2.05, 4.69) is 15.8 Å². The van der Waals surface area contributed by atoms with E-state index in [9.17, 15) is 9.59 Å². The standard InChI is InChI=1S/C25H28N6O3/c1-27-29-25(26)23-22(15-32)31(19-11-9-18(10-12-19)28-16-33)30-24(23)17-7-13-21(14-8-17)34-20-5-3-2-4-6-20/h2-8,13-16,18-19,27H,9-12H2,1H3,(H2,26,29)(H,28,33). The Kier molecular flexibility index (Phi) is 7.22. The normalized spacial score (nSPS) is 18.2. The third-order valence-corrected chi connectivity index (χ3v) is 6.00. The molecule has 3 aromatic rings. The lowest BCUT2D eigenvalue weighted by molar-refractivity contribution is -0.110. The van der Waals surface area contributed by atoms with Crippen LogP contribution in [0.1, 0.15) is 47.8 Å². The summed E-state index contributed by atoms with van der Waals surface area (Å²) in [5.74, 6) is 1.62. The maximum Gasteiger partial charge on any atom is 0.207 e. The number of hydrazone groups is 1. The highest BCUT2D eigenvalue weighted by Crippen LogP contribution is 2.34. The summed E-state index contributed by atoms with van der Waals surface area (Å²) in [5, 5.41) is 11.8. The Labute approximate surface area is 198 Å². The number of amidine groups is 1. The summed E-state index contributed by atoms with van der Waals surface area (Å²) < 4.78 is 7.65. The molecule has 0 unspecified atom stereocenters. The van der Waals surface area contributed by atoms with E-state index in [0.29, 0.717) is 22.7 Å². The molecule has 0 saturated heterocycles. The number of carbonyl (C=O) groups is 2. The zero-order valence-electron chi connectivity index (χ0n) is 19.0. The van der Waals surface area contributed by atoms with Crippen molar-refractivity contribution < 1.29 is 14.3 Å². The lowest BCUT2D eigenvalue weighted by Crippen LogP contribution is -2.33. The van der Waals surface area contributed by atoms with Gasteiger partial charge in [0, 0.05) is 18.7 Å². The van der Waals surface area contributed by atoms with E-state index in [1.165, 1.54) is 0 Å². The third kappa shape index (κ3) is 4.93. The van der Waals surface area contributed by atoms with Gasteiger partial charge in [-0.2, -0.15) is 10.2 Å². The van der Waals surface area contributed by atoms with E-state index in [1.807, 2.05) is 54.6 Å². The average molecular weight is 461 g/mol. The first-order chi connectivity index (χ1) is 16.6. The molecule has 4 rings (SSSR count). The second-order valence-electron chi connectivity index (χ2n) is 8.12. The molecule has 0 spiro atoms. The lowest BCUT2D eigenvalue weighted by Gasteiger charge is -2.28. The van der Waals surface area contributed by atoms with Crippen molar-refractivity contribution in [3.8, 4) is 22.8 Å². The van der Waals surface area contributed by atoms with Crippen molar-refractivity contribution in [3.63, 3.8) is 0 Å². The quantitative estimate of drug-likeness (QED) is 0.195. The van der Waals surface area contributed by atoms with Gasteiger partial charge in [-0.3, -0.25) is 14.3 Å². The monoisotopic (exact) mass is 460 g/mol. The van der Waals surface area contributed by atoms with Crippen LogP contribution < -0.4 is 21.2 Å². The van der Waals surface area contributed by atoms with Crippen LogP contribution in [-0.2, 0) is 4.79 Å². The summed E-state index contributed by atoms with van der Waals surface area (Å²) in [7, 11) is 1.65. The molecule has 4 N–H and O–H groups in total. The van der Waals surface area contributed by atoms with Crippen molar-refractivity contribution in [2.24, 2.45) is 10.8 Å². The largest absolute Gasteiger partial charge is 0.457 e. The van der Waals surface area contributed by atoms with Gasteiger partial charge in [0.2, 0.25) is 6.41 Å². The van der Waals surface area contributed by atoms with Crippen LogP contribution in [0.2, 0.25) is 0 Å². The molecule has 176 valence electrons. The van der Waals surface area contributed by atoms with Crippen molar-refractivity contribution in [2.45, 2.75) is 37.8 Å². The van der Waals surface area contributed by atoms with Gasteiger partial charge in [-0.15, -0.1) is 0 Å². The van der Waals surface area contributed by atoms with E-state index in [0.717, 1.165) is 49.7 Å². The van der Waals surface area contributed by atoms with E-state index >= 15 is 0 Å². The third-order valence-electron chi connectivity index (χ3n) is 6.00. The molecule has 1 fully saturated rings. The predicted molar refractivity (Wildman–Crippen MR) is 130 cm³/mol. The minimum absolute atomic E-state index is 0.0282. The number of hydrogen-bond donors (Lipinski definition) is 3. The molecule has 1 saturated carbocycles. The average Bonchev–Trinajstić information content (AvgIpc) is 3.26. The van der Waals surface area contributed by atoms with Gasteiger partial charge in [-0.1, -0.05) is 18.2 Å². The van der Waals surface area contributed by atoms with Gasteiger partial charge in [-0.25, -0.2) is 0 Å². The highest BCUT2D eigenvalue weighted by atomic mass is 16.5. The molecule has 1 heterocycles. The first-order valence-electron chi connectivity index (χ1n) is 11.3. The number of carbonyl (C=O) groups excluding carboxylic acids is 2. The molecule has 1 amide bonds. The Balaban J connectivity index is 1.68. The first-order valence-corrected chi connectivity index (χ1v) is 11.3. The van der Waals surface area contributed by atoms with E-state index in [1.54, 1.807) is 11.7 Å². The molecule has 0 aliphatic heterocycles. The molecule has 9 heteroatoms. The fourth-order valence-electron chi connectivity index (χ4n) is 4.36. The summed E-state index contributed by atoms with van der Waals surface area (Å²) in [4.78, 5) is 23.0. The topological polar surface area (TPSA) is 124 Å². The number of ether oxygens (including phenoxy) is 1. The van der Waals surface area contributed by atoms with E-state index in [4.69, 9.17) is 15.6 Å². The van der Waals surface area contributed by atoms with Crippen molar-refractivity contribution in [1.29, 1.82) is 0 Å². The number of benzene rings is 2. The van der Waals surface area contributed by atoms with Crippen molar-refractivity contribution in [3.05, 3.63) is 65.9 Å². The zero-order chi connectivity index (χ0) is 23.9. The van der Waals surface area contributed by atoms with Crippen molar-refractivity contribution in [1.82, 2.24) is 20.5 Å². The summed E-state index contributed by atoms with van der Waals surface area (Å²) in [6, 6.07) is 17.2. The number of para-hydroxylation sites is 1. The molecular weight excluding hydrogens is 432 g/mol. The Hall–Kier alpha value is -4.14. The molecule has 0 radical (unpaired) electrons. The number of nitrogens with one attached hydrogen (secondary N) is 2. The van der Waals surface area contributed by atoms with Crippen molar-refractivity contribution in [2.75, 3.05) is 7.05 Å². The molecule has 2 aromatic carbocycles. The predicted octanol–water partition coefficient (Wildman–Crippen LogP) is 3.22. The molecule has 0 bridgehead atoms. The van der Waals surface area contributed by atoms with Crippen LogP contribution >= 0.6 is 0 Å². The van der Waals surface area contributed by atoms with E-state index in [-0.39, 0.29) is 17.9 Å². The maximum atomic E-state index is 12.2. The molecule has 1 aromatic heterocycles. The minimum atomic E-state index is 0.0282. The SMILES string of the molecule is CN/N=C(/N)c1c(-c2ccc(Oc3ccccc3)cc2)nn(C2CCC(NC=O)CC2)c1C=O. The summed E-state index contributed by atoms with van der Waals surface area (Å²) in [6.07, 6.45) is 4.74. The Morgan fingerprint density at radius 3 is 2.35 bits per heavy atom. The number of rotatable bonds is 9. The number of aldehydes is 1. The van der Waals surface area contributed by atoms with Crippen LogP contribution in [0, 0.1) is 0 Å². The summed E-state index contributed by atoms with van der Waals surface area (Å²) in [5.41, 5.74) is 11.2. The smallest absolute Gasteiger partial charge is 0.207 e. The van der Waals surface area contributed by atoms with Crippen molar-refractivity contribution >= 4 is 18.5 Å². The van der Waals surface area contributed by atoms with E-state index < -0.39 is 0 Å². The van der Waals surface area contributed by atoms with Gasteiger partial charge >= 0.3 is 0 Å². The fraction of sp³-hybridized carbons (Fsp3) is 0.280. The molecule has 1 aliphatic carbocycles. The van der Waals surface area contributed by atoms with Gasteiger partial charge < -0.3 is 21.2 Å². The molecule has 0 atom stereocenters. The Morgan fingerprint density at radius 1 is 1.06 bits per heavy atom. The Morgan fingerprint density at radius 2 is 1.74 bits per heavy atom. The van der Waals surface area contributed by atoms with Crippen LogP contribution in [-0.4, -0.2) is 41.4 Å². The van der Waals surface area contributed by atoms with Gasteiger partial charge in [0.1, 0.15) is 22.9 Å². The number of nitrogens with zero attached hydrogens (tertiary/aromatic N) is 3.